The Kier molecular flexibility index (Phi) is 6.12. The SMILES string of the molecule is CC(=O)Nc1ccccc1OCC(=O)N[C@H](C)c1ccc2c(c1)CCCC2. The zero-order chi connectivity index (χ0) is 19.2. The fraction of sp³-hybridized carbons (Fsp3) is 0.364. The van der Waals surface area contributed by atoms with E-state index < -0.39 is 0 Å². The second-order valence-corrected chi connectivity index (χ2v) is 6.99. The molecule has 0 aromatic heterocycles. The average Bonchev–Trinajstić information content (AvgIpc) is 2.66. The molecule has 1 atom stereocenters. The molecule has 2 amide bonds. The summed E-state index contributed by atoms with van der Waals surface area (Å²) in [6.07, 6.45) is 4.76. The molecule has 2 aromatic carbocycles. The van der Waals surface area contributed by atoms with Crippen molar-refractivity contribution < 1.29 is 14.3 Å². The van der Waals surface area contributed by atoms with Gasteiger partial charge in [0.25, 0.3) is 5.91 Å². The van der Waals surface area contributed by atoms with Gasteiger partial charge in [0.05, 0.1) is 11.7 Å². The average molecular weight is 366 g/mol. The molecule has 0 saturated carbocycles. The highest BCUT2D eigenvalue weighted by Crippen LogP contribution is 2.25. The Morgan fingerprint density at radius 3 is 2.59 bits per heavy atom. The van der Waals surface area contributed by atoms with Crippen molar-refractivity contribution in [2.75, 3.05) is 11.9 Å². The van der Waals surface area contributed by atoms with Crippen LogP contribution in [0.2, 0.25) is 0 Å². The summed E-state index contributed by atoms with van der Waals surface area (Å²) >= 11 is 0. The minimum atomic E-state index is -0.196. The van der Waals surface area contributed by atoms with Gasteiger partial charge >= 0.3 is 0 Å². The van der Waals surface area contributed by atoms with Gasteiger partial charge in [0.15, 0.2) is 6.61 Å². The number of carbonyl (C=O) groups excluding carboxylic acids is 2. The van der Waals surface area contributed by atoms with Gasteiger partial charge < -0.3 is 15.4 Å². The van der Waals surface area contributed by atoms with Crippen molar-refractivity contribution in [1.29, 1.82) is 0 Å². The number of rotatable bonds is 6. The summed E-state index contributed by atoms with van der Waals surface area (Å²) in [6.45, 7) is 3.31. The monoisotopic (exact) mass is 366 g/mol. The lowest BCUT2D eigenvalue weighted by Crippen LogP contribution is -2.31. The van der Waals surface area contributed by atoms with Crippen LogP contribution in [0, 0.1) is 0 Å². The number of aryl methyl sites for hydroxylation is 2. The number of ether oxygens (including phenoxy) is 1. The molecule has 0 fully saturated rings. The number of para-hydroxylation sites is 2. The Morgan fingerprint density at radius 1 is 1.07 bits per heavy atom. The highest BCUT2D eigenvalue weighted by molar-refractivity contribution is 5.90. The number of amides is 2. The van der Waals surface area contributed by atoms with Crippen LogP contribution in [0.5, 0.6) is 5.75 Å². The summed E-state index contributed by atoms with van der Waals surface area (Å²) in [4.78, 5) is 23.6. The van der Waals surface area contributed by atoms with E-state index in [1.54, 1.807) is 24.3 Å². The van der Waals surface area contributed by atoms with Gasteiger partial charge in [0.2, 0.25) is 5.91 Å². The highest BCUT2D eigenvalue weighted by atomic mass is 16.5. The highest BCUT2D eigenvalue weighted by Gasteiger charge is 2.15. The Labute approximate surface area is 160 Å². The quantitative estimate of drug-likeness (QED) is 0.817. The molecular formula is C22H26N2O3. The van der Waals surface area contributed by atoms with Gasteiger partial charge in [0.1, 0.15) is 5.75 Å². The molecule has 0 bridgehead atoms. The fourth-order valence-electron chi connectivity index (χ4n) is 3.42. The predicted molar refractivity (Wildman–Crippen MR) is 106 cm³/mol. The van der Waals surface area contributed by atoms with Crippen molar-refractivity contribution >= 4 is 17.5 Å². The van der Waals surface area contributed by atoms with Gasteiger partial charge in [-0.1, -0.05) is 30.3 Å². The van der Waals surface area contributed by atoms with Crippen molar-refractivity contribution in [2.24, 2.45) is 0 Å². The van der Waals surface area contributed by atoms with E-state index in [9.17, 15) is 9.59 Å². The zero-order valence-corrected chi connectivity index (χ0v) is 15.9. The Balaban J connectivity index is 1.57. The smallest absolute Gasteiger partial charge is 0.258 e. The lowest BCUT2D eigenvalue weighted by molar-refractivity contribution is -0.123. The lowest BCUT2D eigenvalue weighted by atomic mass is 9.89. The zero-order valence-electron chi connectivity index (χ0n) is 15.9. The number of benzene rings is 2. The fourth-order valence-corrected chi connectivity index (χ4v) is 3.42. The molecule has 2 aromatic rings. The molecule has 5 nitrogen and oxygen atoms in total. The van der Waals surface area contributed by atoms with E-state index in [4.69, 9.17) is 4.74 Å². The van der Waals surface area contributed by atoms with E-state index in [-0.39, 0.29) is 24.5 Å². The number of carbonyl (C=O) groups is 2. The molecule has 0 heterocycles. The van der Waals surface area contributed by atoms with Crippen LogP contribution in [0.4, 0.5) is 5.69 Å². The van der Waals surface area contributed by atoms with Crippen LogP contribution < -0.4 is 15.4 Å². The van der Waals surface area contributed by atoms with Crippen molar-refractivity contribution in [1.82, 2.24) is 5.32 Å². The number of hydrogen-bond acceptors (Lipinski definition) is 3. The first kappa shape index (κ1) is 19.0. The molecule has 0 radical (unpaired) electrons. The summed E-state index contributed by atoms with van der Waals surface area (Å²) in [5, 5.41) is 5.68. The molecule has 0 unspecified atom stereocenters. The summed E-state index contributed by atoms with van der Waals surface area (Å²) in [5.41, 5.74) is 4.50. The van der Waals surface area contributed by atoms with Crippen molar-refractivity contribution in [3.63, 3.8) is 0 Å². The lowest BCUT2D eigenvalue weighted by Gasteiger charge is -2.20. The third kappa shape index (κ3) is 5.09. The van der Waals surface area contributed by atoms with Gasteiger partial charge in [-0.2, -0.15) is 0 Å². The second kappa shape index (κ2) is 8.71. The van der Waals surface area contributed by atoms with Crippen LogP contribution in [0.15, 0.2) is 42.5 Å². The normalized spacial score (nSPS) is 14.0. The Bertz CT molecular complexity index is 832. The molecule has 0 saturated heterocycles. The van der Waals surface area contributed by atoms with Crippen molar-refractivity contribution in [3.05, 3.63) is 59.2 Å². The number of nitrogens with one attached hydrogen (secondary N) is 2. The molecule has 0 aliphatic heterocycles. The minimum Gasteiger partial charge on any atom is -0.482 e. The molecule has 0 spiro atoms. The molecule has 142 valence electrons. The molecule has 1 aliphatic carbocycles. The van der Waals surface area contributed by atoms with Gasteiger partial charge in [0, 0.05) is 6.92 Å². The molecule has 3 rings (SSSR count). The van der Waals surface area contributed by atoms with Crippen LogP contribution in [-0.4, -0.2) is 18.4 Å². The molecule has 27 heavy (non-hydrogen) atoms. The molecule has 5 heteroatoms. The van der Waals surface area contributed by atoms with Gasteiger partial charge in [-0.05, 0) is 61.4 Å². The van der Waals surface area contributed by atoms with Crippen LogP contribution in [0.25, 0.3) is 0 Å². The molecule has 1 aliphatic rings. The maximum absolute atomic E-state index is 12.3. The van der Waals surface area contributed by atoms with Crippen molar-refractivity contribution in [3.8, 4) is 5.75 Å². The van der Waals surface area contributed by atoms with Gasteiger partial charge in [-0.3, -0.25) is 9.59 Å². The Morgan fingerprint density at radius 2 is 1.81 bits per heavy atom. The van der Waals surface area contributed by atoms with E-state index in [0.717, 1.165) is 18.4 Å². The maximum atomic E-state index is 12.3. The van der Waals surface area contributed by atoms with Crippen LogP contribution in [0.3, 0.4) is 0 Å². The first-order valence-corrected chi connectivity index (χ1v) is 9.43. The first-order valence-electron chi connectivity index (χ1n) is 9.43. The number of hydrogen-bond donors (Lipinski definition) is 2. The van der Waals surface area contributed by atoms with E-state index >= 15 is 0 Å². The summed E-state index contributed by atoms with van der Waals surface area (Å²) in [5.74, 6) is 0.0960. The summed E-state index contributed by atoms with van der Waals surface area (Å²) in [7, 11) is 0. The van der Waals surface area contributed by atoms with Crippen molar-refractivity contribution in [2.45, 2.75) is 45.6 Å². The third-order valence-electron chi connectivity index (χ3n) is 4.81. The molecular weight excluding hydrogens is 340 g/mol. The third-order valence-corrected chi connectivity index (χ3v) is 4.81. The van der Waals surface area contributed by atoms with E-state index in [2.05, 4.69) is 28.8 Å². The van der Waals surface area contributed by atoms with Crippen LogP contribution >= 0.6 is 0 Å². The van der Waals surface area contributed by atoms with E-state index in [1.807, 2.05) is 6.92 Å². The van der Waals surface area contributed by atoms with Crippen LogP contribution in [-0.2, 0) is 22.4 Å². The summed E-state index contributed by atoms with van der Waals surface area (Å²) in [6, 6.07) is 13.5. The van der Waals surface area contributed by atoms with E-state index in [1.165, 1.54) is 30.9 Å². The molecule has 2 N–H and O–H groups in total. The number of fused-ring (bicyclic) bond motifs is 1. The van der Waals surface area contributed by atoms with Crippen LogP contribution in [0.1, 0.15) is 49.4 Å². The van der Waals surface area contributed by atoms with E-state index in [0.29, 0.717) is 11.4 Å². The standard InChI is InChI=1S/C22H26N2O3/c1-15(18-12-11-17-7-3-4-8-19(17)13-18)23-22(26)14-27-21-10-6-5-9-20(21)24-16(2)25/h5-6,9-13,15H,3-4,7-8,14H2,1-2H3,(H,23,26)(H,24,25)/t15-/m1/s1. The minimum absolute atomic E-state index is 0.0843. The Hall–Kier alpha value is -2.82. The van der Waals surface area contributed by atoms with Gasteiger partial charge in [-0.25, -0.2) is 0 Å². The predicted octanol–water partition coefficient (Wildman–Crippen LogP) is 3.78. The maximum Gasteiger partial charge on any atom is 0.258 e. The second-order valence-electron chi connectivity index (χ2n) is 6.99. The largest absolute Gasteiger partial charge is 0.482 e. The topological polar surface area (TPSA) is 67.4 Å². The number of anilines is 1. The summed E-state index contributed by atoms with van der Waals surface area (Å²) < 4.78 is 5.60. The van der Waals surface area contributed by atoms with Gasteiger partial charge in [-0.15, -0.1) is 0 Å². The first-order chi connectivity index (χ1) is 13.0.